The molecule has 0 aliphatic heterocycles. The van der Waals surface area contributed by atoms with Crippen LogP contribution in [0.3, 0.4) is 0 Å². The third kappa shape index (κ3) is 5.74. The molecule has 6 heteroatoms. The highest BCUT2D eigenvalue weighted by Crippen LogP contribution is 2.19. The van der Waals surface area contributed by atoms with Crippen LogP contribution >= 0.6 is 0 Å². The van der Waals surface area contributed by atoms with Crippen molar-refractivity contribution in [3.05, 3.63) is 46.6 Å². The fourth-order valence-electron chi connectivity index (χ4n) is 2.48. The van der Waals surface area contributed by atoms with E-state index < -0.39 is 12.1 Å². The van der Waals surface area contributed by atoms with Crippen LogP contribution in [0.15, 0.2) is 22.7 Å². The molecule has 1 atom stereocenters. The summed E-state index contributed by atoms with van der Waals surface area (Å²) in [6, 6.07) is 5.48. The number of nitrogens with zero attached hydrogens (tertiary/aromatic N) is 2. The molecule has 1 heterocycles. The molecule has 2 rings (SSSR count). The molecule has 1 aromatic heterocycles. The lowest BCUT2D eigenvalue weighted by molar-refractivity contribution is -0.146. The molecule has 1 unspecified atom stereocenters. The minimum absolute atomic E-state index is 0.176. The number of ether oxygens (including phenoxy) is 1. The normalized spacial score (nSPS) is 12.7. The first-order valence-corrected chi connectivity index (χ1v) is 9.22. The molecule has 146 valence electrons. The van der Waals surface area contributed by atoms with Crippen LogP contribution in [0.25, 0.3) is 0 Å². The number of hydrogen-bond donors (Lipinski definition) is 0. The van der Waals surface area contributed by atoms with Gasteiger partial charge in [-0.2, -0.15) is 4.98 Å². The van der Waals surface area contributed by atoms with Crippen molar-refractivity contribution < 1.29 is 18.8 Å². The molecule has 0 fully saturated rings. The summed E-state index contributed by atoms with van der Waals surface area (Å²) < 4.78 is 10.5. The Morgan fingerprint density at radius 2 is 1.89 bits per heavy atom. The average molecular weight is 372 g/mol. The molecule has 0 spiro atoms. The number of Topliss-reactive ketones (excluding diaryl/α,β-unsaturated/α-hetero) is 1. The molecule has 6 nitrogen and oxygen atoms in total. The molecule has 0 N–H and O–H groups in total. The Hall–Kier alpha value is -2.50. The van der Waals surface area contributed by atoms with Crippen LogP contribution in [0.1, 0.15) is 73.7 Å². The van der Waals surface area contributed by atoms with Gasteiger partial charge in [0.2, 0.25) is 11.7 Å². The summed E-state index contributed by atoms with van der Waals surface area (Å²) in [4.78, 5) is 28.8. The first-order valence-electron chi connectivity index (χ1n) is 9.22. The maximum Gasteiger partial charge on any atom is 0.306 e. The van der Waals surface area contributed by atoms with Crippen LogP contribution in [0.5, 0.6) is 0 Å². The number of aryl methyl sites for hydroxylation is 3. The van der Waals surface area contributed by atoms with Gasteiger partial charge in [-0.25, -0.2) is 0 Å². The largest absolute Gasteiger partial charge is 0.454 e. The maximum absolute atomic E-state index is 12.4. The van der Waals surface area contributed by atoms with Crippen molar-refractivity contribution in [2.24, 2.45) is 0 Å². The second-order valence-electron chi connectivity index (χ2n) is 7.91. The molecule has 1 aromatic carbocycles. The van der Waals surface area contributed by atoms with Crippen molar-refractivity contribution in [2.45, 2.75) is 72.3 Å². The zero-order chi connectivity index (χ0) is 20.2. The summed E-state index contributed by atoms with van der Waals surface area (Å²) in [5.41, 5.74) is 2.53. The third-order valence-electron chi connectivity index (χ3n) is 4.38. The lowest BCUT2D eigenvalue weighted by Crippen LogP contribution is -2.24. The summed E-state index contributed by atoms with van der Waals surface area (Å²) in [6.45, 7) is 11.6. The molecule has 0 saturated carbocycles. The molecule has 0 aliphatic rings. The van der Waals surface area contributed by atoms with Gasteiger partial charge in [-0.3, -0.25) is 9.59 Å². The van der Waals surface area contributed by atoms with E-state index in [1.807, 2.05) is 46.8 Å². The van der Waals surface area contributed by atoms with E-state index in [0.717, 1.165) is 11.1 Å². The van der Waals surface area contributed by atoms with E-state index in [9.17, 15) is 9.59 Å². The van der Waals surface area contributed by atoms with Crippen LogP contribution in [-0.4, -0.2) is 28.0 Å². The third-order valence-corrected chi connectivity index (χ3v) is 4.38. The second-order valence-corrected chi connectivity index (χ2v) is 7.91. The van der Waals surface area contributed by atoms with Crippen LogP contribution in [0.2, 0.25) is 0 Å². The van der Waals surface area contributed by atoms with Gasteiger partial charge in [0.15, 0.2) is 11.9 Å². The molecule has 0 radical (unpaired) electrons. The Balaban J connectivity index is 1.81. The van der Waals surface area contributed by atoms with Crippen molar-refractivity contribution in [2.75, 3.05) is 0 Å². The van der Waals surface area contributed by atoms with Crippen LogP contribution < -0.4 is 0 Å². The number of ketones is 1. The number of aromatic nitrogens is 2. The van der Waals surface area contributed by atoms with Gasteiger partial charge in [0.05, 0.1) is 0 Å². The zero-order valence-corrected chi connectivity index (χ0v) is 17.0. The second kappa shape index (κ2) is 8.46. The molecule has 0 saturated heterocycles. The summed E-state index contributed by atoms with van der Waals surface area (Å²) >= 11 is 0. The fourth-order valence-corrected chi connectivity index (χ4v) is 2.48. The Bertz CT molecular complexity index is 818. The number of carbonyl (C=O) groups excluding carboxylic acids is 2. The molecular weight excluding hydrogens is 344 g/mol. The van der Waals surface area contributed by atoms with Crippen LogP contribution in [0.4, 0.5) is 0 Å². The molecular formula is C21H28N2O4. The Morgan fingerprint density at radius 1 is 1.19 bits per heavy atom. The predicted octanol–water partition coefficient (Wildman–Crippen LogP) is 4.12. The van der Waals surface area contributed by atoms with Crippen molar-refractivity contribution in [1.82, 2.24) is 10.1 Å². The number of hydrogen-bond acceptors (Lipinski definition) is 6. The fraction of sp³-hybridized carbons (Fsp3) is 0.524. The zero-order valence-electron chi connectivity index (χ0n) is 17.0. The lowest BCUT2D eigenvalue weighted by Gasteiger charge is -2.13. The Morgan fingerprint density at radius 3 is 2.48 bits per heavy atom. The van der Waals surface area contributed by atoms with Crippen molar-refractivity contribution in [3.8, 4) is 0 Å². The van der Waals surface area contributed by atoms with Crippen LogP contribution in [-0.2, 0) is 21.4 Å². The quantitative estimate of drug-likeness (QED) is 0.537. The van der Waals surface area contributed by atoms with Crippen molar-refractivity contribution >= 4 is 11.8 Å². The van der Waals surface area contributed by atoms with E-state index in [4.69, 9.17) is 9.26 Å². The van der Waals surface area contributed by atoms with Gasteiger partial charge in [0, 0.05) is 23.8 Å². The Labute approximate surface area is 160 Å². The minimum Gasteiger partial charge on any atom is -0.454 e. The standard InChI is InChI=1S/C21H28N2O4/c1-13-10-11-16(12-14(13)2)19(25)15(3)26-18(24)9-7-8-17-22-20(23-27-17)21(4,5)6/h10-12,15H,7-9H2,1-6H3. The van der Waals surface area contributed by atoms with Crippen molar-refractivity contribution in [1.29, 1.82) is 0 Å². The average Bonchev–Trinajstić information content (AvgIpc) is 3.06. The first-order chi connectivity index (χ1) is 12.6. The lowest BCUT2D eigenvalue weighted by atomic mass is 9.96. The summed E-state index contributed by atoms with van der Waals surface area (Å²) in [7, 11) is 0. The van der Waals surface area contributed by atoms with Gasteiger partial charge in [-0.1, -0.05) is 38.1 Å². The van der Waals surface area contributed by atoms with Gasteiger partial charge in [0.25, 0.3) is 0 Å². The summed E-state index contributed by atoms with van der Waals surface area (Å²) in [5, 5.41) is 3.96. The number of benzene rings is 1. The van der Waals surface area contributed by atoms with Gasteiger partial charge in [-0.05, 0) is 44.4 Å². The number of carbonyl (C=O) groups is 2. The molecule has 27 heavy (non-hydrogen) atoms. The van der Waals surface area contributed by atoms with E-state index in [2.05, 4.69) is 10.1 Å². The van der Waals surface area contributed by atoms with E-state index in [1.54, 1.807) is 13.0 Å². The monoisotopic (exact) mass is 372 g/mol. The topological polar surface area (TPSA) is 82.3 Å². The highest BCUT2D eigenvalue weighted by Gasteiger charge is 2.22. The number of esters is 1. The van der Waals surface area contributed by atoms with Crippen molar-refractivity contribution in [3.63, 3.8) is 0 Å². The van der Waals surface area contributed by atoms with Gasteiger partial charge < -0.3 is 9.26 Å². The molecule has 2 aromatic rings. The molecule has 0 amide bonds. The SMILES string of the molecule is Cc1ccc(C(=O)C(C)OC(=O)CCCc2nc(C(C)(C)C)no2)cc1C. The molecule has 0 bridgehead atoms. The Kier molecular flexibility index (Phi) is 6.52. The molecule has 0 aliphatic carbocycles. The van der Waals surface area contributed by atoms with E-state index in [0.29, 0.717) is 30.1 Å². The van der Waals surface area contributed by atoms with Gasteiger partial charge in [-0.15, -0.1) is 0 Å². The number of rotatable bonds is 7. The highest BCUT2D eigenvalue weighted by atomic mass is 16.5. The summed E-state index contributed by atoms with van der Waals surface area (Å²) in [5.74, 6) is 0.549. The van der Waals surface area contributed by atoms with E-state index in [1.165, 1.54) is 0 Å². The van der Waals surface area contributed by atoms with E-state index in [-0.39, 0.29) is 17.6 Å². The smallest absolute Gasteiger partial charge is 0.306 e. The minimum atomic E-state index is -0.810. The highest BCUT2D eigenvalue weighted by molar-refractivity contribution is 6.00. The maximum atomic E-state index is 12.4. The van der Waals surface area contributed by atoms with E-state index >= 15 is 0 Å². The first kappa shape index (κ1) is 20.8. The predicted molar refractivity (Wildman–Crippen MR) is 102 cm³/mol. The summed E-state index contributed by atoms with van der Waals surface area (Å²) in [6.07, 6.45) is 0.403. The van der Waals surface area contributed by atoms with Crippen LogP contribution in [0, 0.1) is 13.8 Å². The van der Waals surface area contributed by atoms with Gasteiger partial charge in [0.1, 0.15) is 0 Å². The van der Waals surface area contributed by atoms with Gasteiger partial charge >= 0.3 is 5.97 Å².